The Hall–Kier alpha value is -2.42. The van der Waals surface area contributed by atoms with Crippen LogP contribution >= 0.6 is 0 Å². The highest BCUT2D eigenvalue weighted by molar-refractivity contribution is 6.11. The molecular formula is C19H17NO2. The smallest absolute Gasteiger partial charge is 0.236 e. The van der Waals surface area contributed by atoms with Gasteiger partial charge < -0.3 is 5.32 Å². The van der Waals surface area contributed by atoms with Crippen molar-refractivity contribution in [3.63, 3.8) is 0 Å². The molecule has 2 aromatic carbocycles. The SMILES string of the molecule is C[C@@H]1C(=O)C[C@]2(C(=O)Nc3ccccc32)[C@H]1c1ccccc1. The maximum atomic E-state index is 12.9. The van der Waals surface area contributed by atoms with Gasteiger partial charge in [-0.15, -0.1) is 0 Å². The number of benzene rings is 2. The molecule has 1 aliphatic carbocycles. The highest BCUT2D eigenvalue weighted by atomic mass is 16.2. The first-order valence-corrected chi connectivity index (χ1v) is 7.63. The normalized spacial score (nSPS) is 29.7. The molecule has 1 fully saturated rings. The van der Waals surface area contributed by atoms with E-state index in [0.717, 1.165) is 16.8 Å². The summed E-state index contributed by atoms with van der Waals surface area (Å²) in [5.41, 5.74) is 2.11. The molecule has 0 bridgehead atoms. The van der Waals surface area contributed by atoms with Crippen molar-refractivity contribution >= 4 is 17.4 Å². The first kappa shape index (κ1) is 13.3. The molecule has 0 radical (unpaired) electrons. The van der Waals surface area contributed by atoms with Crippen LogP contribution in [0.4, 0.5) is 5.69 Å². The average Bonchev–Trinajstić information content (AvgIpc) is 2.96. The van der Waals surface area contributed by atoms with E-state index in [-0.39, 0.29) is 29.9 Å². The second-order valence-corrected chi connectivity index (χ2v) is 6.29. The first-order valence-electron chi connectivity index (χ1n) is 7.63. The van der Waals surface area contributed by atoms with Gasteiger partial charge in [-0.2, -0.15) is 0 Å². The lowest BCUT2D eigenvalue weighted by Crippen LogP contribution is -2.38. The fraction of sp³-hybridized carbons (Fsp3) is 0.263. The van der Waals surface area contributed by atoms with Gasteiger partial charge >= 0.3 is 0 Å². The number of amides is 1. The number of Topliss-reactive ketones (excluding diaryl/α,β-unsaturated/α-hetero) is 1. The van der Waals surface area contributed by atoms with E-state index in [1.807, 2.05) is 61.5 Å². The Labute approximate surface area is 129 Å². The van der Waals surface area contributed by atoms with Crippen molar-refractivity contribution < 1.29 is 9.59 Å². The Morgan fingerprint density at radius 1 is 1.00 bits per heavy atom. The molecule has 3 atom stereocenters. The minimum absolute atomic E-state index is 0.0414. The van der Waals surface area contributed by atoms with Gasteiger partial charge in [0.2, 0.25) is 5.91 Å². The number of anilines is 1. The Bertz CT molecular complexity index is 768. The third kappa shape index (κ3) is 1.56. The molecule has 4 rings (SSSR count). The Morgan fingerprint density at radius 3 is 2.45 bits per heavy atom. The third-order valence-electron chi connectivity index (χ3n) is 5.21. The zero-order chi connectivity index (χ0) is 15.3. The zero-order valence-corrected chi connectivity index (χ0v) is 12.4. The molecule has 2 aromatic rings. The second kappa shape index (κ2) is 4.54. The van der Waals surface area contributed by atoms with Crippen LogP contribution in [0.5, 0.6) is 0 Å². The van der Waals surface area contributed by atoms with Gasteiger partial charge in [-0.3, -0.25) is 9.59 Å². The van der Waals surface area contributed by atoms with Crippen molar-refractivity contribution in [2.24, 2.45) is 5.92 Å². The maximum Gasteiger partial charge on any atom is 0.236 e. The number of para-hydroxylation sites is 1. The van der Waals surface area contributed by atoms with E-state index >= 15 is 0 Å². The number of ketones is 1. The number of nitrogens with one attached hydrogen (secondary N) is 1. The van der Waals surface area contributed by atoms with Crippen molar-refractivity contribution in [3.8, 4) is 0 Å². The zero-order valence-electron chi connectivity index (χ0n) is 12.4. The summed E-state index contributed by atoms with van der Waals surface area (Å²) >= 11 is 0. The molecule has 0 unspecified atom stereocenters. The molecule has 1 amide bonds. The lowest BCUT2D eigenvalue weighted by atomic mass is 9.68. The molecule has 3 heteroatoms. The molecule has 3 nitrogen and oxygen atoms in total. The van der Waals surface area contributed by atoms with Crippen molar-refractivity contribution in [2.45, 2.75) is 24.7 Å². The summed E-state index contributed by atoms with van der Waals surface area (Å²) in [6, 6.07) is 17.7. The fourth-order valence-corrected chi connectivity index (χ4v) is 4.21. The topological polar surface area (TPSA) is 46.2 Å². The van der Waals surface area contributed by atoms with Gasteiger partial charge in [0.1, 0.15) is 5.78 Å². The van der Waals surface area contributed by atoms with Crippen molar-refractivity contribution in [1.82, 2.24) is 0 Å². The molecule has 22 heavy (non-hydrogen) atoms. The van der Waals surface area contributed by atoms with Crippen LogP contribution in [-0.2, 0) is 15.0 Å². The quantitative estimate of drug-likeness (QED) is 0.876. The van der Waals surface area contributed by atoms with Crippen molar-refractivity contribution in [3.05, 3.63) is 65.7 Å². The van der Waals surface area contributed by atoms with E-state index in [4.69, 9.17) is 0 Å². The highest BCUT2D eigenvalue weighted by Gasteiger charge is 2.60. The molecule has 1 saturated carbocycles. The van der Waals surface area contributed by atoms with Crippen LogP contribution in [0.25, 0.3) is 0 Å². The van der Waals surface area contributed by atoms with Gasteiger partial charge in [0, 0.05) is 23.9 Å². The van der Waals surface area contributed by atoms with E-state index in [0.29, 0.717) is 0 Å². The van der Waals surface area contributed by atoms with Crippen molar-refractivity contribution in [2.75, 3.05) is 5.32 Å². The number of rotatable bonds is 1. The summed E-state index contributed by atoms with van der Waals surface area (Å²) in [6.07, 6.45) is 0.288. The number of fused-ring (bicyclic) bond motifs is 2. The van der Waals surface area contributed by atoms with Crippen LogP contribution in [0.1, 0.15) is 30.4 Å². The molecule has 0 saturated heterocycles. The molecule has 110 valence electrons. The summed E-state index contributed by atoms with van der Waals surface area (Å²) < 4.78 is 0. The van der Waals surface area contributed by atoms with Crippen LogP contribution in [0.3, 0.4) is 0 Å². The molecule has 0 aromatic heterocycles. The largest absolute Gasteiger partial charge is 0.325 e. The summed E-state index contributed by atoms with van der Waals surface area (Å²) in [6.45, 7) is 1.95. The lowest BCUT2D eigenvalue weighted by molar-refractivity contribution is -0.124. The summed E-state index contributed by atoms with van der Waals surface area (Å²) in [5.74, 6) is -0.134. The Balaban J connectivity index is 1.96. The van der Waals surface area contributed by atoms with Gasteiger partial charge in [-0.05, 0) is 17.2 Å². The van der Waals surface area contributed by atoms with Gasteiger partial charge in [0.25, 0.3) is 0 Å². The monoisotopic (exact) mass is 291 g/mol. The van der Waals surface area contributed by atoms with Crippen molar-refractivity contribution in [1.29, 1.82) is 0 Å². The van der Waals surface area contributed by atoms with Crippen LogP contribution in [0, 0.1) is 5.92 Å². The van der Waals surface area contributed by atoms with Crippen LogP contribution in [-0.4, -0.2) is 11.7 Å². The maximum absolute atomic E-state index is 12.9. The Morgan fingerprint density at radius 2 is 1.68 bits per heavy atom. The summed E-state index contributed by atoms with van der Waals surface area (Å²) in [4.78, 5) is 25.4. The molecule has 2 aliphatic rings. The lowest BCUT2D eigenvalue weighted by Gasteiger charge is -2.31. The van der Waals surface area contributed by atoms with E-state index in [1.54, 1.807) is 0 Å². The molecule has 1 N–H and O–H groups in total. The third-order valence-corrected chi connectivity index (χ3v) is 5.21. The van der Waals surface area contributed by atoms with Crippen LogP contribution in [0.2, 0.25) is 0 Å². The number of carbonyl (C=O) groups is 2. The van der Waals surface area contributed by atoms with E-state index < -0.39 is 5.41 Å². The standard InChI is InChI=1S/C19H17NO2/c1-12-16(21)11-19(17(12)13-7-3-2-4-8-13)14-9-5-6-10-15(14)20-18(19)22/h2-10,12,17H,11H2,1H3,(H,20,22)/t12-,17-,19-/m1/s1. The summed E-state index contributed by atoms with van der Waals surface area (Å²) in [7, 11) is 0. The summed E-state index contributed by atoms with van der Waals surface area (Å²) in [5, 5.41) is 2.98. The predicted octanol–water partition coefficient (Wildman–Crippen LogP) is 3.27. The first-order chi connectivity index (χ1) is 10.6. The van der Waals surface area contributed by atoms with Gasteiger partial charge in [-0.25, -0.2) is 0 Å². The fourth-order valence-electron chi connectivity index (χ4n) is 4.21. The van der Waals surface area contributed by atoms with Gasteiger partial charge in [-0.1, -0.05) is 55.5 Å². The highest BCUT2D eigenvalue weighted by Crippen LogP contribution is 2.57. The Kier molecular flexibility index (Phi) is 2.73. The minimum Gasteiger partial charge on any atom is -0.325 e. The minimum atomic E-state index is -0.756. The van der Waals surface area contributed by atoms with E-state index in [2.05, 4.69) is 5.32 Å². The second-order valence-electron chi connectivity index (χ2n) is 6.29. The number of hydrogen-bond acceptors (Lipinski definition) is 2. The number of carbonyl (C=O) groups excluding carboxylic acids is 2. The van der Waals surface area contributed by atoms with Crippen LogP contribution < -0.4 is 5.32 Å². The predicted molar refractivity (Wildman–Crippen MR) is 84.7 cm³/mol. The molecule has 1 aliphatic heterocycles. The molecule has 1 spiro atoms. The average molecular weight is 291 g/mol. The molecular weight excluding hydrogens is 274 g/mol. The van der Waals surface area contributed by atoms with Crippen LogP contribution in [0.15, 0.2) is 54.6 Å². The van der Waals surface area contributed by atoms with Gasteiger partial charge in [0.05, 0.1) is 5.41 Å². The van der Waals surface area contributed by atoms with Gasteiger partial charge in [0.15, 0.2) is 0 Å². The van der Waals surface area contributed by atoms with E-state index in [9.17, 15) is 9.59 Å². The number of hydrogen-bond donors (Lipinski definition) is 1. The molecule has 1 heterocycles. The van der Waals surface area contributed by atoms with E-state index in [1.165, 1.54) is 0 Å².